The van der Waals surface area contributed by atoms with Gasteiger partial charge >= 0.3 is 5.97 Å². The van der Waals surface area contributed by atoms with Crippen molar-refractivity contribution in [1.29, 1.82) is 0 Å². The smallest absolute Gasteiger partial charge is 0.303 e. The van der Waals surface area contributed by atoms with Crippen molar-refractivity contribution in [1.82, 2.24) is 15.2 Å². The van der Waals surface area contributed by atoms with Crippen molar-refractivity contribution in [3.63, 3.8) is 0 Å². The fraction of sp³-hybridized carbons (Fsp3) is 0.263. The molecule has 1 fully saturated rings. The number of hydrogen-bond donors (Lipinski definition) is 3. The minimum atomic E-state index is -0.823. The molecule has 5 aromatic rings. The van der Waals surface area contributed by atoms with Gasteiger partial charge in [0.25, 0.3) is 0 Å². The molecule has 1 aromatic heterocycles. The van der Waals surface area contributed by atoms with Crippen LogP contribution in [0.15, 0.2) is 103 Å². The molecule has 2 heterocycles. The summed E-state index contributed by atoms with van der Waals surface area (Å²) in [4.78, 5) is 33.0. The summed E-state index contributed by atoms with van der Waals surface area (Å²) in [6.07, 6.45) is 2.60. The molecule has 6 rings (SSSR count). The predicted molar refractivity (Wildman–Crippen MR) is 179 cm³/mol. The molecule has 1 unspecified atom stereocenters. The lowest BCUT2D eigenvalue weighted by molar-refractivity contribution is -0.137. The van der Waals surface area contributed by atoms with Gasteiger partial charge in [0, 0.05) is 67.5 Å². The highest BCUT2D eigenvalue weighted by atomic mass is 16.4. The van der Waals surface area contributed by atoms with Gasteiger partial charge in [-0.15, -0.1) is 0 Å². The van der Waals surface area contributed by atoms with E-state index >= 15 is 0 Å². The molecule has 1 aliphatic heterocycles. The zero-order valence-corrected chi connectivity index (χ0v) is 25.7. The summed E-state index contributed by atoms with van der Waals surface area (Å²) in [5, 5.41) is 13.5. The van der Waals surface area contributed by atoms with Crippen LogP contribution in [0.2, 0.25) is 0 Å². The van der Waals surface area contributed by atoms with Crippen LogP contribution in [0.3, 0.4) is 0 Å². The van der Waals surface area contributed by atoms with Crippen LogP contribution in [-0.2, 0) is 29.0 Å². The van der Waals surface area contributed by atoms with E-state index in [1.165, 1.54) is 16.8 Å². The number of benzene rings is 4. The number of H-pyrrole nitrogens is 1. The van der Waals surface area contributed by atoms with Crippen LogP contribution in [0.5, 0.6) is 0 Å². The Morgan fingerprint density at radius 2 is 1.60 bits per heavy atom. The average Bonchev–Trinajstić information content (AvgIpc) is 3.46. The number of anilines is 1. The van der Waals surface area contributed by atoms with Gasteiger partial charge in [0.15, 0.2) is 0 Å². The van der Waals surface area contributed by atoms with E-state index in [0.29, 0.717) is 6.42 Å². The predicted octanol–water partition coefficient (Wildman–Crippen LogP) is 6.26. The van der Waals surface area contributed by atoms with E-state index in [4.69, 9.17) is 5.11 Å². The first-order chi connectivity index (χ1) is 21.9. The number of carbonyl (C=O) groups is 2. The van der Waals surface area contributed by atoms with Crippen molar-refractivity contribution in [2.24, 2.45) is 0 Å². The van der Waals surface area contributed by atoms with Crippen LogP contribution in [0.4, 0.5) is 5.69 Å². The summed E-state index contributed by atoms with van der Waals surface area (Å²) < 4.78 is 0. The number of carboxylic acids is 1. The van der Waals surface area contributed by atoms with E-state index in [2.05, 4.69) is 87.7 Å². The first-order valence-electron chi connectivity index (χ1n) is 15.7. The summed E-state index contributed by atoms with van der Waals surface area (Å²) in [5.41, 5.74) is 8.60. The Balaban J connectivity index is 1.22. The number of hydrogen-bond acceptors (Lipinski definition) is 4. The lowest BCUT2D eigenvalue weighted by atomic mass is 9.94. The summed E-state index contributed by atoms with van der Waals surface area (Å²) in [5.74, 6) is -0.888. The standard InChI is InChI=1S/C38H40N4O3/c1-27-12-15-32(35(22-27)42-20-18-41(19-21-42)26-28-8-4-2-5-9-28)38(30-10-6-3-7-11-30)40-36(43)24-29-13-16-34-33(23-29)31(25-39-34)14-17-37(44)45/h2-13,15-16,22-23,25,38-39H,14,17-21,24,26H2,1H3,(H,40,43)(H,44,45). The molecule has 45 heavy (non-hydrogen) atoms. The second kappa shape index (κ2) is 13.8. The molecule has 3 N–H and O–H groups in total. The highest BCUT2D eigenvalue weighted by Crippen LogP contribution is 2.33. The van der Waals surface area contributed by atoms with Gasteiger partial charge in [0.2, 0.25) is 5.91 Å². The molecule has 1 saturated heterocycles. The van der Waals surface area contributed by atoms with Crippen LogP contribution in [0.1, 0.15) is 45.8 Å². The molecule has 7 nitrogen and oxygen atoms in total. The number of amides is 1. The van der Waals surface area contributed by atoms with Crippen LogP contribution >= 0.6 is 0 Å². The van der Waals surface area contributed by atoms with Crippen LogP contribution in [-0.4, -0.2) is 53.0 Å². The summed E-state index contributed by atoms with van der Waals surface area (Å²) >= 11 is 0. The quantitative estimate of drug-likeness (QED) is 0.167. The molecule has 1 atom stereocenters. The zero-order chi connectivity index (χ0) is 31.2. The minimum absolute atomic E-state index is 0.0648. The van der Waals surface area contributed by atoms with E-state index < -0.39 is 5.97 Å². The SMILES string of the molecule is Cc1ccc(C(NC(=O)Cc2ccc3[nH]cc(CCC(=O)O)c3c2)c2ccccc2)c(N2CCN(Cc3ccccc3)CC2)c1. The van der Waals surface area contributed by atoms with E-state index in [1.54, 1.807) is 0 Å². The first kappa shape index (κ1) is 30.2. The number of carbonyl (C=O) groups excluding carboxylic acids is 1. The maximum Gasteiger partial charge on any atom is 0.303 e. The van der Waals surface area contributed by atoms with Crippen molar-refractivity contribution in [2.75, 3.05) is 31.1 Å². The van der Waals surface area contributed by atoms with Crippen LogP contribution in [0.25, 0.3) is 10.9 Å². The van der Waals surface area contributed by atoms with E-state index in [1.807, 2.05) is 42.6 Å². The summed E-state index contributed by atoms with van der Waals surface area (Å²) in [7, 11) is 0. The monoisotopic (exact) mass is 600 g/mol. The topological polar surface area (TPSA) is 88.7 Å². The number of fused-ring (bicyclic) bond motifs is 1. The highest BCUT2D eigenvalue weighted by molar-refractivity contribution is 5.87. The number of aliphatic carboxylic acids is 1. The molecule has 4 aromatic carbocycles. The number of aromatic nitrogens is 1. The molecule has 1 aliphatic rings. The summed E-state index contributed by atoms with van der Waals surface area (Å²) in [6.45, 7) is 6.85. The molecule has 0 spiro atoms. The Bertz CT molecular complexity index is 1760. The Morgan fingerprint density at radius 3 is 2.33 bits per heavy atom. The molecule has 7 heteroatoms. The van der Waals surface area contributed by atoms with Gasteiger partial charge < -0.3 is 20.3 Å². The largest absolute Gasteiger partial charge is 0.481 e. The minimum Gasteiger partial charge on any atom is -0.481 e. The number of aromatic amines is 1. The second-order valence-electron chi connectivity index (χ2n) is 12.0. The van der Waals surface area contributed by atoms with Gasteiger partial charge in [-0.25, -0.2) is 0 Å². The fourth-order valence-electron chi connectivity index (χ4n) is 6.33. The lowest BCUT2D eigenvalue weighted by Crippen LogP contribution is -2.46. The third kappa shape index (κ3) is 7.44. The van der Waals surface area contributed by atoms with Crippen LogP contribution < -0.4 is 10.2 Å². The average molecular weight is 601 g/mol. The molecule has 1 amide bonds. The maximum absolute atomic E-state index is 13.7. The van der Waals surface area contributed by atoms with Gasteiger partial charge in [-0.2, -0.15) is 0 Å². The molecule has 0 aliphatic carbocycles. The number of aryl methyl sites for hydroxylation is 2. The van der Waals surface area contributed by atoms with Crippen LogP contribution in [0, 0.1) is 6.92 Å². The lowest BCUT2D eigenvalue weighted by Gasteiger charge is -2.38. The van der Waals surface area contributed by atoms with Crippen molar-refractivity contribution in [2.45, 2.75) is 38.8 Å². The Hall–Kier alpha value is -4.88. The molecular weight excluding hydrogens is 560 g/mol. The maximum atomic E-state index is 13.7. The Morgan fingerprint density at radius 1 is 0.867 bits per heavy atom. The Labute approximate surface area is 264 Å². The number of piperazine rings is 1. The van der Waals surface area contributed by atoms with Crippen molar-refractivity contribution in [3.8, 4) is 0 Å². The van der Waals surface area contributed by atoms with Crippen molar-refractivity contribution in [3.05, 3.63) is 137 Å². The zero-order valence-electron chi connectivity index (χ0n) is 25.7. The first-order valence-corrected chi connectivity index (χ1v) is 15.7. The van der Waals surface area contributed by atoms with Gasteiger partial charge in [-0.05, 0) is 59.4 Å². The van der Waals surface area contributed by atoms with Gasteiger partial charge in [0.1, 0.15) is 0 Å². The molecule has 0 bridgehead atoms. The third-order valence-corrected chi connectivity index (χ3v) is 8.70. The number of nitrogens with one attached hydrogen (secondary N) is 2. The fourth-order valence-corrected chi connectivity index (χ4v) is 6.33. The number of rotatable bonds is 11. The Kier molecular flexibility index (Phi) is 9.27. The van der Waals surface area contributed by atoms with E-state index in [-0.39, 0.29) is 24.8 Å². The van der Waals surface area contributed by atoms with Crippen molar-refractivity contribution < 1.29 is 14.7 Å². The summed E-state index contributed by atoms with van der Waals surface area (Å²) in [6, 6.07) is 33.0. The number of carboxylic acid groups (broad SMARTS) is 1. The van der Waals surface area contributed by atoms with Gasteiger partial charge in [-0.3, -0.25) is 14.5 Å². The second-order valence-corrected chi connectivity index (χ2v) is 12.0. The van der Waals surface area contributed by atoms with E-state index in [9.17, 15) is 9.59 Å². The van der Waals surface area contributed by atoms with Gasteiger partial charge in [0.05, 0.1) is 12.5 Å². The molecule has 0 saturated carbocycles. The molecule has 230 valence electrons. The molecule has 0 radical (unpaired) electrons. The highest BCUT2D eigenvalue weighted by Gasteiger charge is 2.25. The van der Waals surface area contributed by atoms with E-state index in [0.717, 1.165) is 65.9 Å². The third-order valence-electron chi connectivity index (χ3n) is 8.70. The van der Waals surface area contributed by atoms with Gasteiger partial charge in [-0.1, -0.05) is 78.9 Å². The number of nitrogens with zero attached hydrogens (tertiary/aromatic N) is 2. The molecular formula is C38H40N4O3. The normalized spacial score (nSPS) is 14.4. The van der Waals surface area contributed by atoms with Crippen molar-refractivity contribution >= 4 is 28.5 Å².